The molecule has 1 aromatic rings. The van der Waals surface area contributed by atoms with E-state index >= 15 is 0 Å². The maximum atomic E-state index is 13.1. The van der Waals surface area contributed by atoms with Gasteiger partial charge in [0.15, 0.2) is 0 Å². The number of halogens is 4. The fraction of sp³-hybridized carbons (Fsp3) is 0.583. The number of hydrogen-bond donors (Lipinski definition) is 1. The Morgan fingerprint density at radius 3 is 2.60 bits per heavy atom. The second-order valence-electron chi connectivity index (χ2n) is 5.48. The van der Waals surface area contributed by atoms with E-state index in [-0.39, 0.29) is 17.2 Å². The van der Waals surface area contributed by atoms with E-state index in [1.807, 2.05) is 0 Å². The van der Waals surface area contributed by atoms with E-state index in [9.17, 15) is 37.6 Å². The number of hydrazone groups is 1. The molecule has 9 nitrogen and oxygen atoms in total. The molecule has 0 aliphatic carbocycles. The first kappa shape index (κ1) is 18.8. The lowest BCUT2D eigenvalue weighted by atomic mass is 10.1. The highest BCUT2D eigenvalue weighted by Crippen LogP contribution is 2.34. The summed E-state index contributed by atoms with van der Waals surface area (Å²) < 4.78 is 52.6. The Hall–Kier alpha value is -2.57. The van der Waals surface area contributed by atoms with Crippen molar-refractivity contribution in [2.24, 2.45) is 11.0 Å². The summed E-state index contributed by atoms with van der Waals surface area (Å²) in [5.74, 6) is -2.26. The molecule has 1 amide bonds. The first-order valence-electron chi connectivity index (χ1n) is 6.93. The third kappa shape index (κ3) is 3.60. The first-order chi connectivity index (χ1) is 11.6. The molecule has 0 saturated heterocycles. The van der Waals surface area contributed by atoms with Crippen molar-refractivity contribution in [3.05, 3.63) is 22.5 Å². The van der Waals surface area contributed by atoms with Gasteiger partial charge < -0.3 is 5.11 Å². The molecule has 25 heavy (non-hydrogen) atoms. The lowest BCUT2D eigenvalue weighted by Gasteiger charge is -2.31. The Morgan fingerprint density at radius 2 is 2.12 bits per heavy atom. The number of nitrogens with zero attached hydrogens (tertiary/aromatic N) is 5. The van der Waals surface area contributed by atoms with Gasteiger partial charge in [0.1, 0.15) is 18.1 Å². The molecule has 1 aliphatic heterocycles. The number of carbonyl (C=O) groups excluding carboxylic acids is 1. The number of aliphatic hydroxyl groups is 1. The molecule has 0 fully saturated rings. The summed E-state index contributed by atoms with van der Waals surface area (Å²) in [7, 11) is 0. The van der Waals surface area contributed by atoms with Crippen LogP contribution in [0.1, 0.15) is 13.3 Å². The highest BCUT2D eigenvalue weighted by atomic mass is 19.3. The highest BCUT2D eigenvalue weighted by molar-refractivity contribution is 5.93. The average molecular weight is 367 g/mol. The molecule has 2 atom stereocenters. The predicted octanol–water partition coefficient (Wildman–Crippen LogP) is 1.23. The van der Waals surface area contributed by atoms with E-state index in [1.54, 1.807) is 0 Å². The third-order valence-corrected chi connectivity index (χ3v) is 3.56. The minimum Gasteiger partial charge on any atom is -0.364 e. The van der Waals surface area contributed by atoms with Gasteiger partial charge in [0.05, 0.1) is 17.4 Å². The van der Waals surface area contributed by atoms with Crippen LogP contribution in [0, 0.1) is 16.0 Å². The summed E-state index contributed by atoms with van der Waals surface area (Å²) in [4.78, 5) is 22.1. The Balaban J connectivity index is 2.19. The van der Waals surface area contributed by atoms with Crippen LogP contribution in [0.15, 0.2) is 17.5 Å². The molecule has 0 aromatic carbocycles. The predicted molar refractivity (Wildman–Crippen MR) is 73.9 cm³/mol. The van der Waals surface area contributed by atoms with Crippen LogP contribution in [0.4, 0.5) is 23.2 Å². The number of nitro groups is 1. The normalized spacial score (nSPS) is 21.8. The van der Waals surface area contributed by atoms with Crippen LogP contribution in [-0.4, -0.2) is 55.0 Å². The van der Waals surface area contributed by atoms with Gasteiger partial charge in [0, 0.05) is 6.42 Å². The fourth-order valence-electron chi connectivity index (χ4n) is 2.24. The largest absolute Gasteiger partial charge is 0.364 e. The second kappa shape index (κ2) is 6.74. The highest BCUT2D eigenvalue weighted by Gasteiger charge is 2.53. The van der Waals surface area contributed by atoms with Crippen LogP contribution in [-0.2, 0) is 11.3 Å². The summed E-state index contributed by atoms with van der Waals surface area (Å²) in [5, 5.41) is 27.2. The molecule has 0 bridgehead atoms. The van der Waals surface area contributed by atoms with Crippen molar-refractivity contribution >= 4 is 17.3 Å². The van der Waals surface area contributed by atoms with Gasteiger partial charge in [-0.3, -0.25) is 19.6 Å². The van der Waals surface area contributed by atoms with Crippen molar-refractivity contribution in [3.8, 4) is 0 Å². The Bertz CT molecular complexity index is 709. The van der Waals surface area contributed by atoms with Gasteiger partial charge in [-0.25, -0.2) is 17.6 Å². The van der Waals surface area contributed by atoms with Gasteiger partial charge >= 0.3 is 5.69 Å². The molecule has 138 valence electrons. The van der Waals surface area contributed by atoms with E-state index in [1.165, 1.54) is 6.92 Å². The summed E-state index contributed by atoms with van der Waals surface area (Å²) in [6, 6.07) is 0. The lowest BCUT2D eigenvalue weighted by molar-refractivity contribution is -0.385. The van der Waals surface area contributed by atoms with Crippen LogP contribution in [0.2, 0.25) is 0 Å². The van der Waals surface area contributed by atoms with E-state index < -0.39 is 47.5 Å². The van der Waals surface area contributed by atoms with E-state index in [0.717, 1.165) is 17.1 Å². The minimum absolute atomic E-state index is 0.0399. The summed E-state index contributed by atoms with van der Waals surface area (Å²) in [6.07, 6.45) is -5.95. The van der Waals surface area contributed by atoms with Crippen molar-refractivity contribution < 1.29 is 32.4 Å². The maximum Gasteiger partial charge on any atom is 0.306 e. The molecule has 2 unspecified atom stereocenters. The lowest BCUT2D eigenvalue weighted by Crippen LogP contribution is -2.53. The van der Waals surface area contributed by atoms with Gasteiger partial charge in [-0.15, -0.1) is 0 Å². The molecule has 1 N–H and O–H groups in total. The molecule has 0 saturated carbocycles. The molecule has 1 aliphatic rings. The number of carbonyl (C=O) groups is 1. The van der Waals surface area contributed by atoms with Crippen LogP contribution < -0.4 is 0 Å². The van der Waals surface area contributed by atoms with Crippen molar-refractivity contribution in [3.63, 3.8) is 0 Å². The second-order valence-corrected chi connectivity index (χ2v) is 5.48. The number of aromatic nitrogens is 2. The fourth-order valence-corrected chi connectivity index (χ4v) is 2.24. The molecule has 2 heterocycles. The zero-order valence-corrected chi connectivity index (χ0v) is 12.7. The zero-order chi connectivity index (χ0) is 18.9. The summed E-state index contributed by atoms with van der Waals surface area (Å²) in [5.41, 5.74) is -4.53. The van der Waals surface area contributed by atoms with Gasteiger partial charge in [-0.1, -0.05) is 6.92 Å². The van der Waals surface area contributed by atoms with Crippen molar-refractivity contribution in [1.29, 1.82) is 0 Å². The summed E-state index contributed by atoms with van der Waals surface area (Å²) in [6.45, 7) is 1.000. The van der Waals surface area contributed by atoms with Gasteiger partial charge in [-0.05, 0) is 0 Å². The van der Waals surface area contributed by atoms with Gasteiger partial charge in [0.2, 0.25) is 11.6 Å². The SMILES string of the molecule is CC(Cn1cc([N+](=O)[O-])cn1)C(=O)N1N=C(C(F)F)CC1(O)C(F)F. The number of hydrogen-bond acceptors (Lipinski definition) is 6. The summed E-state index contributed by atoms with van der Waals surface area (Å²) >= 11 is 0. The number of amides is 1. The van der Waals surface area contributed by atoms with E-state index in [2.05, 4.69) is 10.2 Å². The number of rotatable bonds is 6. The van der Waals surface area contributed by atoms with E-state index in [0.29, 0.717) is 0 Å². The van der Waals surface area contributed by atoms with Crippen molar-refractivity contribution in [2.45, 2.75) is 38.5 Å². The van der Waals surface area contributed by atoms with Crippen LogP contribution in [0.5, 0.6) is 0 Å². The van der Waals surface area contributed by atoms with Crippen LogP contribution in [0.25, 0.3) is 0 Å². The molecular weight excluding hydrogens is 354 g/mol. The standard InChI is InChI=1S/C12H13F4N5O4/c1-6(4-19-5-7(3-17-19)21(24)25)10(22)20-12(23,11(15)16)2-8(18-20)9(13)14/h3,5-6,9,11,23H,2,4H2,1H3. The molecule has 2 rings (SSSR count). The number of alkyl halides is 4. The van der Waals surface area contributed by atoms with Crippen LogP contribution in [0.3, 0.4) is 0 Å². The third-order valence-electron chi connectivity index (χ3n) is 3.56. The molecule has 1 aromatic heterocycles. The first-order valence-corrected chi connectivity index (χ1v) is 6.93. The zero-order valence-electron chi connectivity index (χ0n) is 12.7. The van der Waals surface area contributed by atoms with Crippen LogP contribution >= 0.6 is 0 Å². The average Bonchev–Trinajstić information content (AvgIpc) is 3.12. The van der Waals surface area contributed by atoms with Crippen molar-refractivity contribution in [2.75, 3.05) is 0 Å². The van der Waals surface area contributed by atoms with Gasteiger partial charge in [-0.2, -0.15) is 15.2 Å². The molecular formula is C12H13F4N5O4. The Labute approximate surface area is 137 Å². The van der Waals surface area contributed by atoms with Crippen molar-refractivity contribution in [1.82, 2.24) is 14.8 Å². The quantitative estimate of drug-likeness (QED) is 0.462. The maximum absolute atomic E-state index is 13.1. The Kier molecular flexibility index (Phi) is 5.06. The smallest absolute Gasteiger partial charge is 0.306 e. The topological polar surface area (TPSA) is 114 Å². The minimum atomic E-state index is -3.52. The Morgan fingerprint density at radius 1 is 1.48 bits per heavy atom. The van der Waals surface area contributed by atoms with Gasteiger partial charge in [0.25, 0.3) is 12.9 Å². The molecule has 13 heteroatoms. The monoisotopic (exact) mass is 367 g/mol. The molecule has 0 radical (unpaired) electrons. The molecule has 0 spiro atoms. The van der Waals surface area contributed by atoms with E-state index in [4.69, 9.17) is 0 Å².